The Balaban J connectivity index is 2.35. The van der Waals surface area contributed by atoms with Gasteiger partial charge in [0.15, 0.2) is 0 Å². The van der Waals surface area contributed by atoms with Gasteiger partial charge in [-0.2, -0.15) is 0 Å². The third-order valence-electron chi connectivity index (χ3n) is 3.04. The number of halogens is 1. The summed E-state index contributed by atoms with van der Waals surface area (Å²) in [6, 6.07) is 5.44. The summed E-state index contributed by atoms with van der Waals surface area (Å²) in [6.45, 7) is 4.51. The fourth-order valence-corrected chi connectivity index (χ4v) is 2.37. The molecule has 0 aromatic heterocycles. The van der Waals surface area contributed by atoms with E-state index >= 15 is 0 Å². The van der Waals surface area contributed by atoms with E-state index in [1.807, 2.05) is 6.07 Å². The summed E-state index contributed by atoms with van der Waals surface area (Å²) in [5.41, 5.74) is 7.28. The van der Waals surface area contributed by atoms with E-state index in [0.29, 0.717) is 5.02 Å². The Morgan fingerprint density at radius 2 is 2.33 bits per heavy atom. The van der Waals surface area contributed by atoms with Gasteiger partial charge in [-0.3, -0.25) is 5.41 Å². The van der Waals surface area contributed by atoms with Crippen molar-refractivity contribution < 1.29 is 4.74 Å². The van der Waals surface area contributed by atoms with Crippen LogP contribution in [0, 0.1) is 5.41 Å². The van der Waals surface area contributed by atoms with Crippen LogP contribution in [-0.4, -0.2) is 31.6 Å². The Hall–Kier alpha value is -1.26. The molecule has 0 amide bonds. The van der Waals surface area contributed by atoms with Crippen LogP contribution in [-0.2, 0) is 4.74 Å². The maximum Gasteiger partial charge on any atom is 0.124 e. The molecule has 2 rings (SSSR count). The minimum Gasteiger partial charge on any atom is -0.384 e. The highest BCUT2D eigenvalue weighted by Crippen LogP contribution is 2.26. The molecule has 98 valence electrons. The van der Waals surface area contributed by atoms with Crippen LogP contribution in [0.2, 0.25) is 5.02 Å². The predicted molar refractivity (Wildman–Crippen MR) is 74.7 cm³/mol. The summed E-state index contributed by atoms with van der Waals surface area (Å²) in [4.78, 5) is 2.19. The number of hydrogen-bond donors (Lipinski definition) is 2. The Kier molecular flexibility index (Phi) is 4.09. The van der Waals surface area contributed by atoms with Crippen LogP contribution in [0.4, 0.5) is 5.69 Å². The van der Waals surface area contributed by atoms with Crippen LogP contribution < -0.4 is 10.6 Å². The first-order valence-electron chi connectivity index (χ1n) is 6.08. The topological polar surface area (TPSA) is 62.3 Å². The second-order valence-corrected chi connectivity index (χ2v) is 4.99. The fourth-order valence-electron chi connectivity index (χ4n) is 2.21. The number of amidine groups is 1. The second-order valence-electron chi connectivity index (χ2n) is 4.56. The lowest BCUT2D eigenvalue weighted by atomic mass is 10.1. The summed E-state index contributed by atoms with van der Waals surface area (Å²) >= 11 is 6.05. The Morgan fingerprint density at radius 3 is 3.06 bits per heavy atom. The zero-order valence-corrected chi connectivity index (χ0v) is 11.2. The maximum atomic E-state index is 7.65. The predicted octanol–water partition coefficient (Wildman–Crippen LogP) is 2.24. The normalized spacial score (nSPS) is 20.6. The summed E-state index contributed by atoms with van der Waals surface area (Å²) in [7, 11) is 0. The molecule has 1 fully saturated rings. The molecule has 1 aromatic carbocycles. The number of ether oxygens (including phenoxy) is 1. The molecular formula is C13H18ClN3O. The van der Waals surface area contributed by atoms with Crippen molar-refractivity contribution in [3.63, 3.8) is 0 Å². The maximum absolute atomic E-state index is 7.65. The quantitative estimate of drug-likeness (QED) is 0.638. The van der Waals surface area contributed by atoms with Crippen LogP contribution in [0.15, 0.2) is 18.2 Å². The molecule has 0 saturated carbocycles. The van der Waals surface area contributed by atoms with Crippen molar-refractivity contribution in [2.45, 2.75) is 19.4 Å². The average molecular weight is 268 g/mol. The molecule has 5 heteroatoms. The molecule has 0 bridgehead atoms. The number of nitrogens with zero attached hydrogens (tertiary/aromatic N) is 1. The van der Waals surface area contributed by atoms with E-state index in [-0.39, 0.29) is 11.9 Å². The van der Waals surface area contributed by atoms with E-state index in [0.717, 1.165) is 37.4 Å². The highest BCUT2D eigenvalue weighted by molar-refractivity contribution is 6.31. The van der Waals surface area contributed by atoms with Crippen molar-refractivity contribution in [3.05, 3.63) is 28.8 Å². The van der Waals surface area contributed by atoms with Gasteiger partial charge in [-0.25, -0.2) is 0 Å². The average Bonchev–Trinajstić information content (AvgIpc) is 2.53. The Morgan fingerprint density at radius 1 is 1.56 bits per heavy atom. The highest BCUT2D eigenvalue weighted by Gasteiger charge is 2.19. The van der Waals surface area contributed by atoms with Gasteiger partial charge in [0.25, 0.3) is 0 Å². The molecule has 1 unspecified atom stereocenters. The highest BCUT2D eigenvalue weighted by atomic mass is 35.5. The first-order chi connectivity index (χ1) is 8.58. The van der Waals surface area contributed by atoms with Crippen molar-refractivity contribution in [3.8, 4) is 0 Å². The molecule has 1 aliphatic heterocycles. The standard InChI is InChI=1S/C13H18ClN3O/c1-9-8-17(5-2-6-18-9)12-7-10(14)3-4-11(12)13(15)16/h3-4,7,9H,2,5-6,8H2,1H3,(H3,15,16). The smallest absolute Gasteiger partial charge is 0.124 e. The van der Waals surface area contributed by atoms with Gasteiger partial charge in [-0.15, -0.1) is 0 Å². The van der Waals surface area contributed by atoms with E-state index in [1.165, 1.54) is 0 Å². The molecule has 1 aliphatic rings. The van der Waals surface area contributed by atoms with E-state index in [1.54, 1.807) is 12.1 Å². The molecule has 1 atom stereocenters. The van der Waals surface area contributed by atoms with E-state index in [9.17, 15) is 0 Å². The lowest BCUT2D eigenvalue weighted by Crippen LogP contribution is -2.32. The van der Waals surface area contributed by atoms with Gasteiger partial charge in [0.05, 0.1) is 6.10 Å². The first kappa shape index (κ1) is 13.2. The van der Waals surface area contributed by atoms with Crippen LogP contribution in [0.5, 0.6) is 0 Å². The number of anilines is 1. The lowest BCUT2D eigenvalue weighted by Gasteiger charge is -2.26. The minimum absolute atomic E-state index is 0.0690. The summed E-state index contributed by atoms with van der Waals surface area (Å²) < 4.78 is 5.63. The third kappa shape index (κ3) is 2.94. The van der Waals surface area contributed by atoms with Crippen molar-refractivity contribution in [2.75, 3.05) is 24.6 Å². The zero-order valence-electron chi connectivity index (χ0n) is 10.4. The van der Waals surface area contributed by atoms with Gasteiger partial charge in [0.2, 0.25) is 0 Å². The van der Waals surface area contributed by atoms with Gasteiger partial charge in [-0.05, 0) is 31.5 Å². The number of rotatable bonds is 2. The molecule has 18 heavy (non-hydrogen) atoms. The number of benzene rings is 1. The fraction of sp³-hybridized carbons (Fsp3) is 0.462. The lowest BCUT2D eigenvalue weighted by molar-refractivity contribution is 0.0821. The molecule has 3 N–H and O–H groups in total. The van der Waals surface area contributed by atoms with Crippen LogP contribution >= 0.6 is 11.6 Å². The number of nitrogen functional groups attached to an aromatic ring is 1. The van der Waals surface area contributed by atoms with Crippen molar-refractivity contribution in [2.24, 2.45) is 5.73 Å². The van der Waals surface area contributed by atoms with Gasteiger partial charge < -0.3 is 15.4 Å². The zero-order chi connectivity index (χ0) is 13.1. The third-order valence-corrected chi connectivity index (χ3v) is 3.28. The van der Waals surface area contributed by atoms with E-state index in [4.69, 9.17) is 27.5 Å². The molecule has 1 aromatic rings. The molecule has 4 nitrogen and oxygen atoms in total. The van der Waals surface area contributed by atoms with Crippen molar-refractivity contribution in [1.82, 2.24) is 0 Å². The molecule has 0 aliphatic carbocycles. The molecule has 0 radical (unpaired) electrons. The number of nitrogens with one attached hydrogen (secondary N) is 1. The van der Waals surface area contributed by atoms with Crippen molar-refractivity contribution in [1.29, 1.82) is 5.41 Å². The second kappa shape index (κ2) is 5.59. The van der Waals surface area contributed by atoms with Gasteiger partial charge in [-0.1, -0.05) is 11.6 Å². The minimum atomic E-state index is 0.0690. The summed E-state index contributed by atoms with van der Waals surface area (Å²) in [6.07, 6.45) is 1.14. The Bertz CT molecular complexity index is 450. The first-order valence-corrected chi connectivity index (χ1v) is 6.46. The molecule has 1 heterocycles. The van der Waals surface area contributed by atoms with Gasteiger partial charge in [0, 0.05) is 36.0 Å². The molecule has 1 saturated heterocycles. The van der Waals surface area contributed by atoms with Crippen LogP contribution in [0.1, 0.15) is 18.9 Å². The van der Waals surface area contributed by atoms with Crippen LogP contribution in [0.25, 0.3) is 0 Å². The van der Waals surface area contributed by atoms with Gasteiger partial charge >= 0.3 is 0 Å². The summed E-state index contributed by atoms with van der Waals surface area (Å²) in [5.74, 6) is 0.0690. The Labute approximate surface area is 112 Å². The number of hydrogen-bond acceptors (Lipinski definition) is 3. The van der Waals surface area contributed by atoms with Crippen molar-refractivity contribution >= 4 is 23.1 Å². The molecule has 0 spiro atoms. The van der Waals surface area contributed by atoms with E-state index < -0.39 is 0 Å². The van der Waals surface area contributed by atoms with Crippen LogP contribution in [0.3, 0.4) is 0 Å². The summed E-state index contributed by atoms with van der Waals surface area (Å²) in [5, 5.41) is 8.31. The SMILES string of the molecule is CC1CN(c2cc(Cl)ccc2C(=N)N)CCCO1. The van der Waals surface area contributed by atoms with Gasteiger partial charge in [0.1, 0.15) is 5.84 Å². The molecular weight excluding hydrogens is 250 g/mol. The largest absolute Gasteiger partial charge is 0.384 e. The van der Waals surface area contributed by atoms with E-state index in [2.05, 4.69) is 11.8 Å². The number of nitrogens with two attached hydrogens (primary N) is 1. The monoisotopic (exact) mass is 267 g/mol.